The van der Waals surface area contributed by atoms with Gasteiger partial charge in [-0.05, 0) is 95.0 Å². The van der Waals surface area contributed by atoms with E-state index >= 15 is 0 Å². The molecule has 3 aromatic rings. The molecule has 1 aliphatic heterocycles. The highest BCUT2D eigenvalue weighted by Gasteiger charge is 2.38. The molecule has 0 N–H and O–H groups in total. The van der Waals surface area contributed by atoms with Gasteiger partial charge in [-0.25, -0.2) is 4.79 Å². The Balaban J connectivity index is 1.24. The van der Waals surface area contributed by atoms with Crippen LogP contribution in [0, 0.1) is 5.92 Å². The van der Waals surface area contributed by atoms with Gasteiger partial charge in [0.05, 0.1) is 5.92 Å². The van der Waals surface area contributed by atoms with E-state index in [2.05, 4.69) is 51.6 Å². The number of carbonyl (C=O) groups is 2. The molecule has 2 fully saturated rings. The van der Waals surface area contributed by atoms with E-state index < -0.39 is 17.2 Å². The van der Waals surface area contributed by atoms with Crippen molar-refractivity contribution in [1.82, 2.24) is 4.90 Å². The van der Waals surface area contributed by atoms with Gasteiger partial charge in [0.1, 0.15) is 11.4 Å². The molecule has 218 valence electrons. The van der Waals surface area contributed by atoms with E-state index in [1.54, 1.807) is 25.2 Å². The maximum atomic E-state index is 13.9. The van der Waals surface area contributed by atoms with E-state index in [1.807, 2.05) is 45.0 Å². The molecule has 0 unspecified atom stereocenters. The minimum Gasteiger partial charge on any atom is -0.476 e. The van der Waals surface area contributed by atoms with E-state index in [9.17, 15) is 9.59 Å². The molecule has 2 aliphatic rings. The smallest absolute Gasteiger partial charge is 0.350 e. The maximum Gasteiger partial charge on any atom is 0.350 e. The van der Waals surface area contributed by atoms with Gasteiger partial charge in [0.2, 0.25) is 5.91 Å². The van der Waals surface area contributed by atoms with Crippen LogP contribution >= 0.6 is 11.3 Å². The first kappa shape index (κ1) is 29.2. The second-order valence-corrected chi connectivity index (χ2v) is 13.7. The quantitative estimate of drug-likeness (QED) is 0.251. The summed E-state index contributed by atoms with van der Waals surface area (Å²) in [6, 6.07) is 21.0. The largest absolute Gasteiger partial charge is 0.476 e. The molecule has 1 atom stereocenters. The average molecular weight is 575 g/mol. The van der Waals surface area contributed by atoms with Crippen molar-refractivity contribution in [3.8, 4) is 16.2 Å². The van der Waals surface area contributed by atoms with E-state index in [0.717, 1.165) is 37.9 Å². The molecule has 0 radical (unpaired) electrons. The number of thiophene rings is 1. The predicted molar refractivity (Wildman–Crippen MR) is 165 cm³/mol. The SMILES string of the molecule is CC(C)(C)OC(=O)C(C)(C)Oc1cccc(N2CCC[C@@H](C(=O)N(Cc3ccc(-c4cccs4)cc3)C3CC3)C2)c1. The number of carbonyl (C=O) groups excluding carboxylic acids is 2. The number of esters is 1. The van der Waals surface area contributed by atoms with Gasteiger partial charge < -0.3 is 19.3 Å². The van der Waals surface area contributed by atoms with Crippen LogP contribution in [-0.2, 0) is 20.9 Å². The lowest BCUT2D eigenvalue weighted by Crippen LogP contribution is -2.45. The Hall–Kier alpha value is -3.32. The molecule has 41 heavy (non-hydrogen) atoms. The maximum absolute atomic E-state index is 13.9. The van der Waals surface area contributed by atoms with E-state index in [1.165, 1.54) is 16.0 Å². The van der Waals surface area contributed by atoms with Crippen molar-refractivity contribution in [3.63, 3.8) is 0 Å². The minimum absolute atomic E-state index is 0.0440. The van der Waals surface area contributed by atoms with Gasteiger partial charge in [-0.3, -0.25) is 4.79 Å². The lowest BCUT2D eigenvalue weighted by atomic mass is 9.95. The number of anilines is 1. The Morgan fingerprint density at radius 3 is 2.39 bits per heavy atom. The standard InChI is InChI=1S/C34H42N2O4S/c1-33(2,3)40-32(38)34(4,5)39-29-11-6-10-28(21-29)35-19-7-9-26(23-35)31(37)36(27-17-18-27)22-24-13-15-25(16-14-24)30-12-8-20-41-30/h6,8,10-16,20-21,26-27H,7,9,17-19,22-23H2,1-5H3/t26-/m1/s1. The summed E-state index contributed by atoms with van der Waals surface area (Å²) in [6.45, 7) is 11.2. The van der Waals surface area contributed by atoms with Gasteiger partial charge in [0.15, 0.2) is 5.60 Å². The summed E-state index contributed by atoms with van der Waals surface area (Å²) in [5.74, 6) is 0.424. The van der Waals surface area contributed by atoms with E-state index in [0.29, 0.717) is 24.9 Å². The van der Waals surface area contributed by atoms with Gasteiger partial charge in [-0.1, -0.05) is 36.4 Å². The van der Waals surface area contributed by atoms with Gasteiger partial charge >= 0.3 is 5.97 Å². The van der Waals surface area contributed by atoms with Crippen LogP contribution in [0.1, 0.15) is 65.9 Å². The predicted octanol–water partition coefficient (Wildman–Crippen LogP) is 7.32. The van der Waals surface area contributed by atoms with Crippen molar-refractivity contribution in [2.24, 2.45) is 5.92 Å². The molecule has 1 saturated heterocycles. The highest BCUT2D eigenvalue weighted by molar-refractivity contribution is 7.13. The van der Waals surface area contributed by atoms with Gasteiger partial charge in [0, 0.05) is 42.3 Å². The first-order valence-corrected chi connectivity index (χ1v) is 15.6. The van der Waals surface area contributed by atoms with Crippen LogP contribution in [0.3, 0.4) is 0 Å². The number of hydrogen-bond donors (Lipinski definition) is 0. The lowest BCUT2D eigenvalue weighted by Gasteiger charge is -2.37. The summed E-state index contributed by atoms with van der Waals surface area (Å²) >= 11 is 1.74. The van der Waals surface area contributed by atoms with Crippen molar-refractivity contribution < 1.29 is 19.1 Å². The second-order valence-electron chi connectivity index (χ2n) is 12.8. The Kier molecular flexibility index (Phi) is 8.46. The van der Waals surface area contributed by atoms with Crippen molar-refractivity contribution in [3.05, 3.63) is 71.6 Å². The molecule has 7 heteroatoms. The Labute approximate surface area is 248 Å². The molecule has 2 aromatic carbocycles. The monoisotopic (exact) mass is 574 g/mol. The summed E-state index contributed by atoms with van der Waals surface area (Å²) in [5.41, 5.74) is 1.69. The minimum atomic E-state index is -1.13. The van der Waals surface area contributed by atoms with Crippen LogP contribution in [0.2, 0.25) is 0 Å². The highest BCUT2D eigenvalue weighted by Crippen LogP contribution is 2.34. The number of amides is 1. The zero-order valence-electron chi connectivity index (χ0n) is 24.9. The Bertz CT molecular complexity index is 1340. The molecule has 1 aromatic heterocycles. The van der Waals surface area contributed by atoms with Crippen LogP contribution in [0.4, 0.5) is 5.69 Å². The van der Waals surface area contributed by atoms with Crippen molar-refractivity contribution in [1.29, 1.82) is 0 Å². The molecule has 0 spiro atoms. The summed E-state index contributed by atoms with van der Waals surface area (Å²) in [4.78, 5) is 32.3. The molecular weight excluding hydrogens is 532 g/mol. The number of ether oxygens (including phenoxy) is 2. The van der Waals surface area contributed by atoms with E-state index in [-0.39, 0.29) is 11.8 Å². The van der Waals surface area contributed by atoms with Gasteiger partial charge in [0.25, 0.3) is 0 Å². The van der Waals surface area contributed by atoms with Crippen LogP contribution < -0.4 is 9.64 Å². The van der Waals surface area contributed by atoms with Crippen LogP contribution in [-0.4, -0.2) is 47.1 Å². The molecule has 1 amide bonds. The second kappa shape index (κ2) is 11.9. The topological polar surface area (TPSA) is 59.1 Å². The number of hydrogen-bond acceptors (Lipinski definition) is 6. The molecule has 5 rings (SSSR count). The zero-order valence-corrected chi connectivity index (χ0v) is 25.7. The third-order valence-corrected chi connectivity index (χ3v) is 8.52. The molecule has 2 heterocycles. The fraction of sp³-hybridized carbons (Fsp3) is 0.471. The van der Waals surface area contributed by atoms with Crippen LogP contribution in [0.25, 0.3) is 10.4 Å². The summed E-state index contributed by atoms with van der Waals surface area (Å²) < 4.78 is 11.7. The first-order valence-electron chi connectivity index (χ1n) is 14.7. The normalized spacial score (nSPS) is 17.7. The summed E-state index contributed by atoms with van der Waals surface area (Å²) in [7, 11) is 0. The molecule has 0 bridgehead atoms. The average Bonchev–Trinajstić information content (AvgIpc) is 3.63. The van der Waals surface area contributed by atoms with E-state index in [4.69, 9.17) is 9.47 Å². The number of nitrogens with zero attached hydrogens (tertiary/aromatic N) is 2. The first-order chi connectivity index (χ1) is 19.5. The van der Waals surface area contributed by atoms with Crippen LogP contribution in [0.15, 0.2) is 66.0 Å². The molecule has 1 saturated carbocycles. The third-order valence-electron chi connectivity index (χ3n) is 7.60. The number of rotatable bonds is 9. The summed E-state index contributed by atoms with van der Waals surface area (Å²) in [5, 5.41) is 2.10. The van der Waals surface area contributed by atoms with Gasteiger partial charge in [-0.2, -0.15) is 0 Å². The zero-order chi connectivity index (χ0) is 29.2. The fourth-order valence-electron chi connectivity index (χ4n) is 5.32. The van der Waals surface area contributed by atoms with Gasteiger partial charge in [-0.15, -0.1) is 11.3 Å². The number of benzene rings is 2. The van der Waals surface area contributed by atoms with Crippen molar-refractivity contribution in [2.45, 2.75) is 84.1 Å². The van der Waals surface area contributed by atoms with Crippen LogP contribution in [0.5, 0.6) is 5.75 Å². The Morgan fingerprint density at radius 2 is 1.73 bits per heavy atom. The fourth-order valence-corrected chi connectivity index (χ4v) is 6.05. The molecule has 6 nitrogen and oxygen atoms in total. The number of piperidine rings is 1. The van der Waals surface area contributed by atoms with Crippen molar-refractivity contribution in [2.75, 3.05) is 18.0 Å². The summed E-state index contributed by atoms with van der Waals surface area (Å²) in [6.07, 6.45) is 4.03. The lowest BCUT2D eigenvalue weighted by molar-refractivity contribution is -0.170. The molecular formula is C34H42N2O4S. The van der Waals surface area contributed by atoms with Crippen molar-refractivity contribution >= 4 is 28.9 Å². The highest BCUT2D eigenvalue weighted by atomic mass is 32.1. The molecule has 1 aliphatic carbocycles. The third kappa shape index (κ3) is 7.50. The Morgan fingerprint density at radius 1 is 0.976 bits per heavy atom.